The lowest BCUT2D eigenvalue weighted by atomic mass is 9.95. The van der Waals surface area contributed by atoms with E-state index in [4.69, 9.17) is 5.73 Å². The highest BCUT2D eigenvalue weighted by atomic mass is 32.2. The first-order valence-electron chi connectivity index (χ1n) is 7.91. The molecular weight excluding hydrogens is 348 g/mol. The minimum Gasteiger partial charge on any atom is -0.374 e. The number of rotatable bonds is 3. The van der Waals surface area contributed by atoms with Gasteiger partial charge in [-0.2, -0.15) is 0 Å². The summed E-state index contributed by atoms with van der Waals surface area (Å²) in [6.45, 7) is 2.09. The number of amides is 3. The molecule has 0 aromatic carbocycles. The molecule has 3 amide bonds. The van der Waals surface area contributed by atoms with Crippen molar-refractivity contribution < 1.29 is 9.59 Å². The summed E-state index contributed by atoms with van der Waals surface area (Å²) in [4.78, 5) is 30.4. The molecule has 3 aliphatic heterocycles. The Balaban J connectivity index is 1.62. The fourth-order valence-electron chi connectivity index (χ4n) is 3.31. The molecule has 24 heavy (non-hydrogen) atoms. The van der Waals surface area contributed by atoms with Crippen LogP contribution in [0, 0.1) is 5.92 Å². The molecule has 1 aromatic rings. The third kappa shape index (κ3) is 3.75. The van der Waals surface area contributed by atoms with Gasteiger partial charge in [0.15, 0.2) is 4.34 Å². The van der Waals surface area contributed by atoms with Crippen LogP contribution in [0.5, 0.6) is 0 Å². The van der Waals surface area contributed by atoms with Crippen LogP contribution in [0.4, 0.5) is 9.93 Å². The van der Waals surface area contributed by atoms with Crippen LogP contribution in [0.25, 0.3) is 0 Å². The van der Waals surface area contributed by atoms with Crippen LogP contribution in [0.15, 0.2) is 4.34 Å². The first-order valence-corrected chi connectivity index (χ1v) is 9.71. The number of urea groups is 1. The number of anilines is 1. The van der Waals surface area contributed by atoms with E-state index in [0.717, 1.165) is 25.9 Å². The van der Waals surface area contributed by atoms with E-state index < -0.39 is 0 Å². The van der Waals surface area contributed by atoms with Crippen molar-refractivity contribution in [1.29, 1.82) is 0 Å². The molecule has 132 valence electrons. The van der Waals surface area contributed by atoms with Crippen LogP contribution in [0.2, 0.25) is 0 Å². The van der Waals surface area contributed by atoms with Gasteiger partial charge in [-0.05, 0) is 18.8 Å². The summed E-state index contributed by atoms with van der Waals surface area (Å²) in [5.41, 5.74) is 5.56. The molecule has 0 radical (unpaired) electrons. The van der Waals surface area contributed by atoms with Crippen molar-refractivity contribution in [2.45, 2.75) is 23.2 Å². The minimum atomic E-state index is 0.0277. The van der Waals surface area contributed by atoms with E-state index in [-0.39, 0.29) is 18.0 Å². The van der Waals surface area contributed by atoms with Crippen LogP contribution >= 0.6 is 23.1 Å². The van der Waals surface area contributed by atoms with Gasteiger partial charge in [0, 0.05) is 39.8 Å². The largest absolute Gasteiger partial charge is 0.374 e. The maximum atomic E-state index is 12.6. The smallest absolute Gasteiger partial charge is 0.319 e. The number of piperidine rings is 1. The van der Waals surface area contributed by atoms with Crippen LogP contribution in [0.3, 0.4) is 0 Å². The van der Waals surface area contributed by atoms with Crippen molar-refractivity contribution in [2.75, 3.05) is 45.2 Å². The van der Waals surface area contributed by atoms with Gasteiger partial charge in [-0.1, -0.05) is 23.1 Å². The molecule has 0 aliphatic carbocycles. The van der Waals surface area contributed by atoms with E-state index in [2.05, 4.69) is 10.2 Å². The first kappa shape index (κ1) is 17.3. The molecule has 2 atom stereocenters. The molecule has 1 aromatic heterocycles. The Kier molecular flexibility index (Phi) is 5.14. The van der Waals surface area contributed by atoms with Crippen LogP contribution < -0.4 is 5.73 Å². The molecule has 2 bridgehead atoms. The monoisotopic (exact) mass is 370 g/mol. The Labute approximate surface area is 149 Å². The third-order valence-electron chi connectivity index (χ3n) is 4.43. The highest BCUT2D eigenvalue weighted by Gasteiger charge is 2.38. The Bertz CT molecular complexity index is 622. The summed E-state index contributed by atoms with van der Waals surface area (Å²) in [5.74, 6) is 0.792. The molecule has 8 nitrogen and oxygen atoms in total. The van der Waals surface area contributed by atoms with Gasteiger partial charge in [-0.25, -0.2) is 4.79 Å². The number of carbonyl (C=O) groups excluding carboxylic acids is 2. The zero-order valence-electron chi connectivity index (χ0n) is 13.8. The fraction of sp³-hybridized carbons (Fsp3) is 0.714. The number of nitrogens with zero attached hydrogens (tertiary/aromatic N) is 5. The average molecular weight is 371 g/mol. The van der Waals surface area contributed by atoms with Gasteiger partial charge in [0.25, 0.3) is 0 Å². The van der Waals surface area contributed by atoms with E-state index in [1.165, 1.54) is 23.1 Å². The quantitative estimate of drug-likeness (QED) is 0.792. The van der Waals surface area contributed by atoms with E-state index in [1.807, 2.05) is 9.80 Å². The van der Waals surface area contributed by atoms with Gasteiger partial charge in [0.05, 0.1) is 5.75 Å². The molecule has 4 heterocycles. The standard InChI is InChI=1S/C14H22N6O2S2/c1-18(2)14(22)19-5-9-3-4-10(7-19)20(6-9)11(21)8-23-13-17-16-12(15)24-13/h9-10H,3-8H2,1-2H3,(H2,15,16)/t9-,10+/m0/s1. The van der Waals surface area contributed by atoms with Crippen molar-refractivity contribution in [3.8, 4) is 0 Å². The zero-order chi connectivity index (χ0) is 17.3. The average Bonchev–Trinajstić information content (AvgIpc) is 2.77. The predicted octanol–water partition coefficient (Wildman–Crippen LogP) is 0.817. The summed E-state index contributed by atoms with van der Waals surface area (Å²) in [7, 11) is 3.53. The van der Waals surface area contributed by atoms with Crippen LogP contribution in [-0.2, 0) is 4.79 Å². The molecule has 4 rings (SSSR count). The van der Waals surface area contributed by atoms with E-state index >= 15 is 0 Å². The number of carbonyl (C=O) groups is 2. The fourth-order valence-corrected chi connectivity index (χ4v) is 4.83. The van der Waals surface area contributed by atoms with Crippen LogP contribution in [0.1, 0.15) is 12.8 Å². The summed E-state index contributed by atoms with van der Waals surface area (Å²) < 4.78 is 0.713. The summed E-state index contributed by atoms with van der Waals surface area (Å²) in [5, 5.41) is 8.10. The number of nitrogen functional groups attached to an aromatic ring is 1. The summed E-state index contributed by atoms with van der Waals surface area (Å²) >= 11 is 2.67. The summed E-state index contributed by atoms with van der Waals surface area (Å²) in [6.07, 6.45) is 2.04. The topological polar surface area (TPSA) is 95.7 Å². The number of hydrogen-bond donors (Lipinski definition) is 1. The van der Waals surface area contributed by atoms with E-state index in [0.29, 0.717) is 27.7 Å². The summed E-state index contributed by atoms with van der Waals surface area (Å²) in [6, 6.07) is 0.139. The molecule has 0 unspecified atom stereocenters. The van der Waals surface area contributed by atoms with Crippen molar-refractivity contribution in [3.05, 3.63) is 0 Å². The minimum absolute atomic E-state index is 0.0277. The van der Waals surface area contributed by atoms with Crippen molar-refractivity contribution in [1.82, 2.24) is 24.9 Å². The Hall–Kier alpha value is -1.55. The SMILES string of the molecule is CN(C)C(=O)N1C[C@@H]2CC[C@H](C1)N(C(=O)CSc1nnc(N)s1)C2. The number of fused-ring (bicyclic) bond motifs is 4. The molecule has 3 saturated heterocycles. The van der Waals surface area contributed by atoms with Crippen LogP contribution in [-0.4, -0.2) is 82.4 Å². The Morgan fingerprint density at radius 2 is 2.08 bits per heavy atom. The number of aromatic nitrogens is 2. The lowest BCUT2D eigenvalue weighted by Crippen LogP contribution is -2.49. The van der Waals surface area contributed by atoms with Gasteiger partial charge in [-0.15, -0.1) is 10.2 Å². The number of nitrogens with two attached hydrogens (primary N) is 1. The second-order valence-electron chi connectivity index (χ2n) is 6.42. The second kappa shape index (κ2) is 7.14. The lowest BCUT2D eigenvalue weighted by molar-refractivity contribution is -0.132. The normalized spacial score (nSPS) is 23.2. The number of thioether (sulfide) groups is 1. The third-order valence-corrected chi connectivity index (χ3v) is 6.30. The van der Waals surface area contributed by atoms with Gasteiger partial charge >= 0.3 is 6.03 Å². The molecule has 2 N–H and O–H groups in total. The second-order valence-corrected chi connectivity index (χ2v) is 8.65. The predicted molar refractivity (Wildman–Crippen MR) is 93.9 cm³/mol. The Morgan fingerprint density at radius 1 is 1.29 bits per heavy atom. The van der Waals surface area contributed by atoms with Gasteiger partial charge < -0.3 is 20.4 Å². The van der Waals surface area contributed by atoms with E-state index in [1.54, 1.807) is 19.0 Å². The number of hydrogen-bond acceptors (Lipinski definition) is 7. The lowest BCUT2D eigenvalue weighted by Gasteiger charge is -2.36. The molecule has 0 spiro atoms. The first-order chi connectivity index (χ1) is 11.4. The zero-order valence-corrected chi connectivity index (χ0v) is 15.5. The van der Waals surface area contributed by atoms with Crippen molar-refractivity contribution in [3.63, 3.8) is 0 Å². The molecule has 10 heteroatoms. The maximum Gasteiger partial charge on any atom is 0.319 e. The molecule has 3 fully saturated rings. The maximum absolute atomic E-state index is 12.6. The van der Waals surface area contributed by atoms with Crippen molar-refractivity contribution >= 4 is 40.2 Å². The molecule has 0 saturated carbocycles. The molecular formula is C14H22N6O2S2. The van der Waals surface area contributed by atoms with Gasteiger partial charge in [-0.3, -0.25) is 4.79 Å². The van der Waals surface area contributed by atoms with Gasteiger partial charge in [0.2, 0.25) is 11.0 Å². The van der Waals surface area contributed by atoms with E-state index in [9.17, 15) is 9.59 Å². The van der Waals surface area contributed by atoms with Gasteiger partial charge in [0.1, 0.15) is 0 Å². The molecule has 3 aliphatic rings. The Morgan fingerprint density at radius 3 is 2.75 bits per heavy atom. The highest BCUT2D eigenvalue weighted by Crippen LogP contribution is 2.30. The van der Waals surface area contributed by atoms with Crippen molar-refractivity contribution in [2.24, 2.45) is 5.92 Å². The highest BCUT2D eigenvalue weighted by molar-refractivity contribution is 8.01.